The van der Waals surface area contributed by atoms with Crippen molar-refractivity contribution >= 4 is 28.6 Å². The van der Waals surface area contributed by atoms with Gasteiger partial charge in [0.1, 0.15) is 11.4 Å². The number of hydrogen-bond donors (Lipinski definition) is 0. The predicted molar refractivity (Wildman–Crippen MR) is 128 cm³/mol. The molecule has 0 radical (unpaired) electrons. The van der Waals surface area contributed by atoms with Gasteiger partial charge in [-0.15, -0.1) is 0 Å². The maximum absolute atomic E-state index is 15.0. The second-order valence-corrected chi connectivity index (χ2v) is 10.7. The molecule has 1 amide bonds. The predicted octanol–water partition coefficient (Wildman–Crippen LogP) is 5.75. The molecule has 2 fully saturated rings. The van der Waals surface area contributed by atoms with Crippen molar-refractivity contribution in [3.05, 3.63) is 65.1 Å². The third kappa shape index (κ3) is 4.42. The van der Waals surface area contributed by atoms with Gasteiger partial charge in [-0.3, -0.25) is 9.88 Å². The van der Waals surface area contributed by atoms with Gasteiger partial charge in [0.05, 0.1) is 10.5 Å². The van der Waals surface area contributed by atoms with Gasteiger partial charge in [-0.2, -0.15) is 0 Å². The van der Waals surface area contributed by atoms with Gasteiger partial charge in [0, 0.05) is 55.3 Å². The van der Waals surface area contributed by atoms with Crippen LogP contribution in [-0.4, -0.2) is 52.7 Å². The molecule has 0 atom stereocenters. The van der Waals surface area contributed by atoms with Gasteiger partial charge >= 0.3 is 6.09 Å². The lowest BCUT2D eigenvalue weighted by atomic mass is 9.73. The topological polar surface area (TPSA) is 45.7 Å². The molecule has 2 aliphatic rings. The van der Waals surface area contributed by atoms with Crippen LogP contribution < -0.4 is 0 Å². The van der Waals surface area contributed by atoms with Crippen LogP contribution in [0.1, 0.15) is 26.3 Å². The Morgan fingerprint density at radius 1 is 1.12 bits per heavy atom. The van der Waals surface area contributed by atoms with Gasteiger partial charge in [0.15, 0.2) is 0 Å². The van der Waals surface area contributed by atoms with E-state index in [0.717, 1.165) is 48.2 Å². The zero-order valence-corrected chi connectivity index (χ0v) is 19.8. The van der Waals surface area contributed by atoms with Crippen molar-refractivity contribution in [3.8, 4) is 11.1 Å². The molecule has 5 nitrogen and oxygen atoms in total. The van der Waals surface area contributed by atoms with Crippen molar-refractivity contribution in [1.82, 2.24) is 14.8 Å². The first kappa shape index (κ1) is 22.1. The molecule has 2 aromatic carbocycles. The summed E-state index contributed by atoms with van der Waals surface area (Å²) in [5.74, 6) is -0.248. The van der Waals surface area contributed by atoms with Crippen LogP contribution in [0.2, 0.25) is 5.02 Å². The maximum atomic E-state index is 15.0. The molecule has 0 saturated carbocycles. The van der Waals surface area contributed by atoms with Crippen LogP contribution >= 0.6 is 11.6 Å². The van der Waals surface area contributed by atoms with Crippen LogP contribution in [0.15, 0.2) is 48.7 Å². The number of pyridine rings is 1. The van der Waals surface area contributed by atoms with E-state index in [2.05, 4.69) is 9.88 Å². The van der Waals surface area contributed by atoms with Crippen molar-refractivity contribution in [1.29, 1.82) is 0 Å². The molecule has 3 heterocycles. The minimum Gasteiger partial charge on any atom is -0.444 e. The molecule has 33 heavy (non-hydrogen) atoms. The highest BCUT2D eigenvalue weighted by Crippen LogP contribution is 2.41. The highest BCUT2D eigenvalue weighted by Gasteiger charge is 2.53. The first-order valence-corrected chi connectivity index (χ1v) is 11.5. The number of aromatic nitrogens is 1. The van der Waals surface area contributed by atoms with Crippen molar-refractivity contribution in [2.75, 3.05) is 26.2 Å². The lowest BCUT2D eigenvalue weighted by Gasteiger charge is -2.60. The Labute approximate surface area is 198 Å². The largest absolute Gasteiger partial charge is 0.444 e. The van der Waals surface area contributed by atoms with Gasteiger partial charge in [-0.1, -0.05) is 29.8 Å². The summed E-state index contributed by atoms with van der Waals surface area (Å²) in [7, 11) is 0. The fourth-order valence-electron chi connectivity index (χ4n) is 4.86. The molecule has 0 aliphatic carbocycles. The summed E-state index contributed by atoms with van der Waals surface area (Å²) in [5.41, 5.74) is 2.74. The number of rotatable bonds is 3. The molecule has 7 heteroatoms. The summed E-state index contributed by atoms with van der Waals surface area (Å²) >= 11 is 6.29. The van der Waals surface area contributed by atoms with E-state index in [4.69, 9.17) is 16.3 Å². The minimum atomic E-state index is -0.474. The molecule has 1 aromatic heterocycles. The van der Waals surface area contributed by atoms with Gasteiger partial charge in [0.25, 0.3) is 0 Å². The first-order chi connectivity index (χ1) is 15.6. The number of amides is 1. The molecule has 5 rings (SSSR count). The normalized spacial score (nSPS) is 17.7. The molecule has 0 unspecified atom stereocenters. The SMILES string of the molecule is CC(C)(C)OC(=O)N1CC2(CN(Cc3ccc(-c4ccc5nccc(Cl)c5c4)c(F)c3)C2)C1. The highest BCUT2D eigenvalue weighted by atomic mass is 35.5. The summed E-state index contributed by atoms with van der Waals surface area (Å²) in [5, 5.41) is 1.42. The molecule has 172 valence electrons. The number of carbonyl (C=O) groups is 1. The summed E-state index contributed by atoms with van der Waals surface area (Å²) in [4.78, 5) is 20.5. The third-order valence-corrected chi connectivity index (χ3v) is 6.59. The van der Waals surface area contributed by atoms with Crippen LogP contribution in [0.5, 0.6) is 0 Å². The fraction of sp³-hybridized carbons (Fsp3) is 0.385. The average molecular weight is 468 g/mol. The van der Waals surface area contributed by atoms with E-state index in [-0.39, 0.29) is 17.3 Å². The van der Waals surface area contributed by atoms with E-state index in [0.29, 0.717) is 17.1 Å². The van der Waals surface area contributed by atoms with E-state index < -0.39 is 5.60 Å². The molecule has 0 bridgehead atoms. The van der Waals surface area contributed by atoms with E-state index in [1.165, 1.54) is 0 Å². The number of nitrogens with zero attached hydrogens (tertiary/aromatic N) is 3. The maximum Gasteiger partial charge on any atom is 0.410 e. The number of hydrogen-bond acceptors (Lipinski definition) is 4. The molecule has 3 aromatic rings. The van der Waals surface area contributed by atoms with Crippen molar-refractivity contribution in [2.24, 2.45) is 5.41 Å². The smallest absolute Gasteiger partial charge is 0.410 e. The molecule has 2 saturated heterocycles. The average Bonchev–Trinajstić information content (AvgIpc) is 2.67. The first-order valence-electron chi connectivity index (χ1n) is 11.1. The lowest BCUT2D eigenvalue weighted by Crippen LogP contribution is -2.72. The third-order valence-electron chi connectivity index (χ3n) is 6.26. The zero-order valence-electron chi connectivity index (χ0n) is 19.1. The Hall–Kier alpha value is -2.70. The van der Waals surface area contributed by atoms with Crippen LogP contribution in [0.4, 0.5) is 9.18 Å². The summed E-state index contributed by atoms with van der Waals surface area (Å²) in [6.45, 7) is 9.60. The van der Waals surface area contributed by atoms with Gasteiger partial charge < -0.3 is 9.64 Å². The summed E-state index contributed by atoms with van der Waals surface area (Å²) in [6.07, 6.45) is 1.42. The Morgan fingerprint density at radius 3 is 2.58 bits per heavy atom. The van der Waals surface area contributed by atoms with Gasteiger partial charge in [-0.05, 0) is 56.2 Å². The summed E-state index contributed by atoms with van der Waals surface area (Å²) < 4.78 is 20.4. The van der Waals surface area contributed by atoms with Crippen LogP contribution in [0.25, 0.3) is 22.0 Å². The van der Waals surface area contributed by atoms with Gasteiger partial charge in [0.2, 0.25) is 0 Å². The number of likely N-dealkylation sites (tertiary alicyclic amines) is 2. The second-order valence-electron chi connectivity index (χ2n) is 10.3. The fourth-order valence-corrected chi connectivity index (χ4v) is 5.07. The Balaban J connectivity index is 1.20. The molecular weight excluding hydrogens is 441 g/mol. The Kier molecular flexibility index (Phi) is 5.33. The zero-order chi connectivity index (χ0) is 23.4. The Morgan fingerprint density at radius 2 is 1.88 bits per heavy atom. The van der Waals surface area contributed by atoms with E-state index in [1.54, 1.807) is 23.2 Å². The van der Waals surface area contributed by atoms with E-state index >= 15 is 0 Å². The van der Waals surface area contributed by atoms with Crippen LogP contribution in [-0.2, 0) is 11.3 Å². The standard InChI is InChI=1S/C26H27ClFN3O2/c1-25(2,3)33-24(32)31-15-26(16-31)13-30(14-26)12-17-4-6-19(22(28)10-17)18-5-7-23-20(11-18)21(27)8-9-29-23/h4-11H,12-16H2,1-3H3. The van der Waals surface area contributed by atoms with Crippen LogP contribution in [0, 0.1) is 11.2 Å². The molecule has 0 N–H and O–H groups in total. The van der Waals surface area contributed by atoms with E-state index in [1.807, 2.05) is 51.1 Å². The molecule has 1 spiro atoms. The minimum absolute atomic E-state index is 0.161. The van der Waals surface area contributed by atoms with Gasteiger partial charge in [-0.25, -0.2) is 9.18 Å². The van der Waals surface area contributed by atoms with Crippen molar-refractivity contribution in [2.45, 2.75) is 32.9 Å². The van der Waals surface area contributed by atoms with Crippen LogP contribution in [0.3, 0.4) is 0 Å². The number of benzene rings is 2. The highest BCUT2D eigenvalue weighted by molar-refractivity contribution is 6.35. The quantitative estimate of drug-likeness (QED) is 0.492. The molecule has 2 aliphatic heterocycles. The number of halogens is 2. The Bertz CT molecular complexity index is 1230. The number of ether oxygens (including phenoxy) is 1. The molecular formula is C26H27ClFN3O2. The second kappa shape index (κ2) is 7.96. The van der Waals surface area contributed by atoms with Crippen molar-refractivity contribution in [3.63, 3.8) is 0 Å². The number of fused-ring (bicyclic) bond motifs is 1. The van der Waals surface area contributed by atoms with Crippen molar-refractivity contribution < 1.29 is 13.9 Å². The number of carbonyl (C=O) groups excluding carboxylic acids is 1. The monoisotopic (exact) mass is 467 g/mol. The summed E-state index contributed by atoms with van der Waals surface area (Å²) in [6, 6.07) is 12.8. The lowest BCUT2D eigenvalue weighted by molar-refractivity contribution is -0.115. The van der Waals surface area contributed by atoms with E-state index in [9.17, 15) is 9.18 Å².